The van der Waals surface area contributed by atoms with Gasteiger partial charge in [-0.25, -0.2) is 8.42 Å². The van der Waals surface area contributed by atoms with E-state index in [2.05, 4.69) is 30.3 Å². The average molecular weight is 498 g/mol. The maximum absolute atomic E-state index is 13.1. The first kappa shape index (κ1) is 25.0. The molecule has 0 unspecified atom stereocenters. The van der Waals surface area contributed by atoms with Crippen LogP contribution in [-0.2, 0) is 21.4 Å². The highest BCUT2D eigenvalue weighted by molar-refractivity contribution is 7.89. The number of rotatable bonds is 8. The van der Waals surface area contributed by atoms with Crippen LogP contribution in [0.4, 0.5) is 0 Å². The fourth-order valence-electron chi connectivity index (χ4n) is 4.34. The number of sulfonamides is 1. The molecule has 0 aromatic heterocycles. The van der Waals surface area contributed by atoms with Crippen molar-refractivity contribution in [3.63, 3.8) is 0 Å². The van der Waals surface area contributed by atoms with Gasteiger partial charge in [0, 0.05) is 38.8 Å². The quantitative estimate of drug-likeness (QED) is 0.476. The van der Waals surface area contributed by atoms with Crippen molar-refractivity contribution in [2.75, 3.05) is 54.0 Å². The van der Waals surface area contributed by atoms with Crippen molar-refractivity contribution < 1.29 is 22.7 Å². The molecule has 0 bridgehead atoms. The summed E-state index contributed by atoms with van der Waals surface area (Å²) in [4.78, 5) is 16.7. The van der Waals surface area contributed by atoms with E-state index in [0.29, 0.717) is 31.1 Å². The summed E-state index contributed by atoms with van der Waals surface area (Å²) in [6.07, 6.45) is 0. The molecule has 1 heterocycles. The highest BCUT2D eigenvalue weighted by atomic mass is 32.2. The Bertz CT molecular complexity index is 1300. The molecule has 0 atom stereocenters. The monoisotopic (exact) mass is 497 g/mol. The minimum absolute atomic E-state index is 0.00328. The Kier molecular flexibility index (Phi) is 7.59. The Morgan fingerprint density at radius 3 is 2.26 bits per heavy atom. The molecular formula is C26H31N3O5S. The molecule has 0 saturated carbocycles. The Labute approximate surface area is 206 Å². The fraction of sp³-hybridized carbons (Fsp3) is 0.346. The van der Waals surface area contributed by atoms with Gasteiger partial charge in [0.15, 0.2) is 11.5 Å². The minimum Gasteiger partial charge on any atom is -0.493 e. The topological polar surface area (TPSA) is 79.4 Å². The zero-order valence-electron chi connectivity index (χ0n) is 20.3. The molecule has 1 amide bonds. The van der Waals surface area contributed by atoms with Gasteiger partial charge in [0.05, 0.1) is 25.7 Å². The van der Waals surface area contributed by atoms with Crippen molar-refractivity contribution in [3.05, 3.63) is 66.2 Å². The lowest BCUT2D eigenvalue weighted by Crippen LogP contribution is -2.52. The molecule has 186 valence electrons. The summed E-state index contributed by atoms with van der Waals surface area (Å²) in [6.45, 7) is 2.14. The first-order chi connectivity index (χ1) is 16.8. The van der Waals surface area contributed by atoms with Gasteiger partial charge in [0.25, 0.3) is 0 Å². The number of nitrogens with zero attached hydrogens (tertiary/aromatic N) is 3. The zero-order chi connectivity index (χ0) is 25.0. The van der Waals surface area contributed by atoms with E-state index in [1.54, 1.807) is 11.0 Å². The van der Waals surface area contributed by atoms with Crippen LogP contribution in [0.3, 0.4) is 0 Å². The van der Waals surface area contributed by atoms with Crippen molar-refractivity contribution in [3.8, 4) is 11.5 Å². The Morgan fingerprint density at radius 1 is 0.886 bits per heavy atom. The van der Waals surface area contributed by atoms with Gasteiger partial charge < -0.3 is 14.4 Å². The van der Waals surface area contributed by atoms with E-state index >= 15 is 0 Å². The molecule has 35 heavy (non-hydrogen) atoms. The number of benzene rings is 3. The Hall–Kier alpha value is -3.14. The summed E-state index contributed by atoms with van der Waals surface area (Å²) in [5, 5.41) is 2.37. The summed E-state index contributed by atoms with van der Waals surface area (Å²) in [7, 11) is 1.19. The van der Waals surface area contributed by atoms with Crippen LogP contribution < -0.4 is 9.47 Å². The van der Waals surface area contributed by atoms with E-state index in [9.17, 15) is 13.2 Å². The van der Waals surface area contributed by atoms with Crippen LogP contribution in [0.5, 0.6) is 11.5 Å². The molecule has 4 rings (SSSR count). The second kappa shape index (κ2) is 10.6. The molecule has 1 saturated heterocycles. The summed E-state index contributed by atoms with van der Waals surface area (Å²) in [5.74, 6) is 0.822. The predicted octanol–water partition coefficient (Wildman–Crippen LogP) is 2.82. The van der Waals surface area contributed by atoms with Crippen LogP contribution >= 0.6 is 0 Å². The van der Waals surface area contributed by atoms with E-state index in [0.717, 1.165) is 5.56 Å². The standard InChI is InChI=1S/C26H31N3O5S/c1-27(18-20-8-9-21-6-4-5-7-22(21)16-20)19-26(30)28-12-14-29(15-13-28)35(31,32)23-10-11-24(33-2)25(17-23)34-3/h4-11,16-17H,12-15,18-19H2,1-3H3. The molecule has 0 N–H and O–H groups in total. The molecule has 8 nitrogen and oxygen atoms in total. The molecule has 1 aliphatic heterocycles. The highest BCUT2D eigenvalue weighted by Gasteiger charge is 2.31. The Morgan fingerprint density at radius 2 is 1.57 bits per heavy atom. The van der Waals surface area contributed by atoms with Gasteiger partial charge in [-0.2, -0.15) is 4.31 Å². The van der Waals surface area contributed by atoms with Gasteiger partial charge in [0.1, 0.15) is 0 Å². The molecule has 3 aromatic rings. The Balaban J connectivity index is 1.33. The third-order valence-electron chi connectivity index (χ3n) is 6.26. The maximum Gasteiger partial charge on any atom is 0.243 e. The number of ether oxygens (including phenoxy) is 2. The van der Waals surface area contributed by atoms with Crippen LogP contribution in [0.1, 0.15) is 5.56 Å². The number of methoxy groups -OCH3 is 2. The normalized spacial score (nSPS) is 14.9. The van der Waals surface area contributed by atoms with Gasteiger partial charge in [-0.15, -0.1) is 0 Å². The van der Waals surface area contributed by atoms with Crippen molar-refractivity contribution in [1.29, 1.82) is 0 Å². The molecule has 1 aliphatic rings. The van der Waals surface area contributed by atoms with Crippen molar-refractivity contribution >= 4 is 26.7 Å². The summed E-state index contributed by atoms with van der Waals surface area (Å²) < 4.78 is 38.1. The number of likely N-dealkylation sites (N-methyl/N-ethyl adjacent to an activating group) is 1. The number of hydrogen-bond donors (Lipinski definition) is 0. The molecule has 3 aromatic carbocycles. The SMILES string of the molecule is COc1ccc(S(=O)(=O)N2CCN(C(=O)CN(C)Cc3ccc4ccccc4c3)CC2)cc1OC. The fourth-order valence-corrected chi connectivity index (χ4v) is 5.78. The van der Waals surface area contributed by atoms with Crippen molar-refractivity contribution in [2.24, 2.45) is 0 Å². The largest absolute Gasteiger partial charge is 0.493 e. The molecule has 0 radical (unpaired) electrons. The van der Waals surface area contributed by atoms with Gasteiger partial charge in [-0.3, -0.25) is 9.69 Å². The van der Waals surface area contributed by atoms with E-state index < -0.39 is 10.0 Å². The number of piperazine rings is 1. The number of amides is 1. The van der Waals surface area contributed by atoms with Crippen LogP contribution in [0, 0.1) is 0 Å². The smallest absolute Gasteiger partial charge is 0.243 e. The van der Waals surface area contributed by atoms with Crippen LogP contribution in [-0.4, -0.2) is 82.4 Å². The van der Waals surface area contributed by atoms with Crippen molar-refractivity contribution in [2.45, 2.75) is 11.4 Å². The molecule has 1 fully saturated rings. The molecule has 0 spiro atoms. The van der Waals surface area contributed by atoms with E-state index in [4.69, 9.17) is 9.47 Å². The van der Waals surface area contributed by atoms with Crippen LogP contribution in [0.2, 0.25) is 0 Å². The third kappa shape index (κ3) is 5.58. The second-order valence-corrected chi connectivity index (χ2v) is 10.6. The van der Waals surface area contributed by atoms with Gasteiger partial charge in [-0.05, 0) is 41.6 Å². The van der Waals surface area contributed by atoms with Crippen LogP contribution in [0.25, 0.3) is 10.8 Å². The van der Waals surface area contributed by atoms with Gasteiger partial charge in [-0.1, -0.05) is 36.4 Å². The lowest BCUT2D eigenvalue weighted by molar-refractivity contribution is -0.133. The molecule has 9 heteroatoms. The summed E-state index contributed by atoms with van der Waals surface area (Å²) in [6, 6.07) is 19.1. The van der Waals surface area contributed by atoms with E-state index in [-0.39, 0.29) is 30.4 Å². The summed E-state index contributed by atoms with van der Waals surface area (Å²) in [5.41, 5.74) is 1.14. The number of carbonyl (C=O) groups is 1. The minimum atomic E-state index is -3.70. The lowest BCUT2D eigenvalue weighted by atomic mass is 10.1. The van der Waals surface area contributed by atoms with Gasteiger partial charge in [0.2, 0.25) is 15.9 Å². The second-order valence-electron chi connectivity index (χ2n) is 8.66. The average Bonchev–Trinajstić information content (AvgIpc) is 2.88. The first-order valence-electron chi connectivity index (χ1n) is 11.5. The predicted molar refractivity (Wildman–Crippen MR) is 135 cm³/mol. The van der Waals surface area contributed by atoms with Crippen molar-refractivity contribution in [1.82, 2.24) is 14.1 Å². The number of carbonyl (C=O) groups excluding carboxylic acids is 1. The molecular weight excluding hydrogens is 466 g/mol. The highest BCUT2D eigenvalue weighted by Crippen LogP contribution is 2.31. The van der Waals surface area contributed by atoms with E-state index in [1.165, 1.54) is 41.4 Å². The lowest BCUT2D eigenvalue weighted by Gasteiger charge is -2.34. The third-order valence-corrected chi connectivity index (χ3v) is 8.15. The van der Waals surface area contributed by atoms with E-state index in [1.807, 2.05) is 24.1 Å². The van der Waals surface area contributed by atoms with Crippen LogP contribution in [0.15, 0.2) is 65.6 Å². The number of hydrogen-bond acceptors (Lipinski definition) is 6. The first-order valence-corrected chi connectivity index (χ1v) is 12.9. The summed E-state index contributed by atoms with van der Waals surface area (Å²) >= 11 is 0. The maximum atomic E-state index is 13.1. The van der Waals surface area contributed by atoms with Gasteiger partial charge >= 0.3 is 0 Å². The zero-order valence-corrected chi connectivity index (χ0v) is 21.1. The molecule has 0 aliphatic carbocycles. The number of fused-ring (bicyclic) bond motifs is 1.